The molecule has 2 aliphatic rings. The van der Waals surface area contributed by atoms with Crippen molar-refractivity contribution >= 4 is 23.1 Å². The Kier molecular flexibility index (Phi) is 4.74. The third kappa shape index (κ3) is 3.73. The van der Waals surface area contributed by atoms with Crippen LogP contribution in [0.25, 0.3) is 0 Å². The quantitative estimate of drug-likeness (QED) is 0.639. The summed E-state index contributed by atoms with van der Waals surface area (Å²) in [5.41, 5.74) is -0.930. The Morgan fingerprint density at radius 3 is 2.23 bits per heavy atom. The number of likely N-dealkylation sites (tertiary alicyclic amines) is 1. The number of anilines is 1. The highest BCUT2D eigenvalue weighted by molar-refractivity contribution is 5.90. The molecule has 11 heteroatoms. The van der Waals surface area contributed by atoms with Crippen molar-refractivity contribution in [1.29, 1.82) is 0 Å². The molecule has 0 aromatic heterocycles. The summed E-state index contributed by atoms with van der Waals surface area (Å²) in [5, 5.41) is 24.3. The Morgan fingerprint density at radius 2 is 1.77 bits per heavy atom. The summed E-state index contributed by atoms with van der Waals surface area (Å²) in [4.78, 5) is 34.3. The topological polar surface area (TPSA) is 137 Å². The first-order chi connectivity index (χ1) is 12.3. The van der Waals surface area contributed by atoms with E-state index < -0.39 is 33.0 Å². The van der Waals surface area contributed by atoms with E-state index in [0.29, 0.717) is 32.5 Å². The lowest BCUT2D eigenvalue weighted by Gasteiger charge is -2.37. The SMILES string of the molecule is C[C@H]1COC2(CCN(C(=O)Nc3cc([N+](=O)[O-])cc([N+](=O)[O-])c3)CC2)O1. The number of carbonyl (C=O) groups excluding carboxylic acids is 1. The van der Waals surface area contributed by atoms with Crippen LogP contribution in [0.4, 0.5) is 21.9 Å². The van der Waals surface area contributed by atoms with Crippen molar-refractivity contribution in [3.63, 3.8) is 0 Å². The number of nitro benzene ring substituents is 2. The molecule has 26 heavy (non-hydrogen) atoms. The molecule has 2 saturated heterocycles. The normalized spacial score (nSPS) is 21.6. The van der Waals surface area contributed by atoms with Crippen LogP contribution in [-0.2, 0) is 9.47 Å². The van der Waals surface area contributed by atoms with Gasteiger partial charge in [-0.15, -0.1) is 0 Å². The smallest absolute Gasteiger partial charge is 0.321 e. The van der Waals surface area contributed by atoms with Crippen molar-refractivity contribution < 1.29 is 24.1 Å². The number of amides is 2. The first kappa shape index (κ1) is 18.0. The number of piperidine rings is 1. The van der Waals surface area contributed by atoms with Gasteiger partial charge in [0.05, 0.1) is 34.3 Å². The van der Waals surface area contributed by atoms with Crippen molar-refractivity contribution in [1.82, 2.24) is 4.90 Å². The van der Waals surface area contributed by atoms with Gasteiger partial charge in [-0.05, 0) is 6.92 Å². The van der Waals surface area contributed by atoms with E-state index in [-0.39, 0.29) is 11.8 Å². The standard InChI is InChI=1S/C15H18N4O7/c1-10-9-25-15(26-10)2-4-17(5-3-15)14(20)16-11-6-12(18(21)22)8-13(7-11)19(23)24/h6-8,10H,2-5,9H2,1H3,(H,16,20)/t10-/m0/s1. The lowest BCUT2D eigenvalue weighted by Crippen LogP contribution is -2.48. The van der Waals surface area contributed by atoms with Gasteiger partial charge in [-0.2, -0.15) is 0 Å². The number of nitrogens with one attached hydrogen (secondary N) is 1. The number of ether oxygens (including phenoxy) is 2. The summed E-state index contributed by atoms with van der Waals surface area (Å²) in [6.07, 6.45) is 1.04. The lowest BCUT2D eigenvalue weighted by atomic mass is 10.0. The molecular formula is C15H18N4O7. The van der Waals surface area contributed by atoms with Crippen molar-refractivity contribution in [2.75, 3.05) is 25.0 Å². The molecule has 3 rings (SSSR count). The fraction of sp³-hybridized carbons (Fsp3) is 0.533. The molecule has 0 unspecified atom stereocenters. The first-order valence-electron chi connectivity index (χ1n) is 8.10. The number of nitro groups is 2. The molecule has 1 spiro atoms. The maximum atomic E-state index is 12.4. The van der Waals surface area contributed by atoms with Crippen LogP contribution in [0.5, 0.6) is 0 Å². The molecule has 1 aromatic carbocycles. The maximum Gasteiger partial charge on any atom is 0.321 e. The Balaban J connectivity index is 1.67. The molecule has 0 bridgehead atoms. The Labute approximate surface area is 148 Å². The zero-order chi connectivity index (χ0) is 18.9. The van der Waals surface area contributed by atoms with E-state index in [1.807, 2.05) is 6.92 Å². The van der Waals surface area contributed by atoms with E-state index in [2.05, 4.69) is 5.32 Å². The largest absolute Gasteiger partial charge is 0.347 e. The summed E-state index contributed by atoms with van der Waals surface area (Å²) in [5.74, 6) is -0.652. The highest BCUT2D eigenvalue weighted by Crippen LogP contribution is 2.34. The molecule has 2 amide bonds. The van der Waals surface area contributed by atoms with Crippen molar-refractivity contribution in [3.8, 4) is 0 Å². The minimum absolute atomic E-state index is 0.00169. The molecule has 2 aliphatic heterocycles. The Bertz CT molecular complexity index is 713. The molecule has 1 atom stereocenters. The van der Waals surface area contributed by atoms with E-state index in [1.165, 1.54) is 4.90 Å². The van der Waals surface area contributed by atoms with Crippen LogP contribution in [0.3, 0.4) is 0 Å². The number of non-ortho nitro benzene ring substituents is 2. The van der Waals surface area contributed by atoms with Gasteiger partial charge in [-0.3, -0.25) is 20.2 Å². The number of hydrogen-bond donors (Lipinski definition) is 1. The number of carbonyl (C=O) groups is 1. The number of nitrogens with zero attached hydrogens (tertiary/aromatic N) is 3. The minimum Gasteiger partial charge on any atom is -0.347 e. The highest BCUT2D eigenvalue weighted by atomic mass is 16.7. The summed E-state index contributed by atoms with van der Waals surface area (Å²) in [7, 11) is 0. The highest BCUT2D eigenvalue weighted by Gasteiger charge is 2.43. The van der Waals surface area contributed by atoms with Crippen molar-refractivity contribution in [3.05, 3.63) is 38.4 Å². The summed E-state index contributed by atoms with van der Waals surface area (Å²) >= 11 is 0. The second-order valence-electron chi connectivity index (χ2n) is 6.32. The maximum absolute atomic E-state index is 12.4. The molecule has 2 fully saturated rings. The lowest BCUT2D eigenvalue weighted by molar-refractivity contribution is -0.394. The molecule has 2 heterocycles. The third-order valence-corrected chi connectivity index (χ3v) is 4.38. The van der Waals surface area contributed by atoms with Gasteiger partial charge in [-0.1, -0.05) is 0 Å². The van der Waals surface area contributed by atoms with Crippen LogP contribution < -0.4 is 5.32 Å². The van der Waals surface area contributed by atoms with Gasteiger partial charge in [-0.25, -0.2) is 4.79 Å². The predicted octanol–water partition coefficient (Wildman–Crippen LogP) is 2.26. The van der Waals surface area contributed by atoms with Gasteiger partial charge < -0.3 is 19.7 Å². The van der Waals surface area contributed by atoms with Crippen LogP contribution in [0.15, 0.2) is 18.2 Å². The van der Waals surface area contributed by atoms with Crippen LogP contribution >= 0.6 is 0 Å². The zero-order valence-electron chi connectivity index (χ0n) is 14.0. The van der Waals surface area contributed by atoms with Crippen LogP contribution in [-0.4, -0.2) is 52.4 Å². The molecule has 140 valence electrons. The second kappa shape index (κ2) is 6.84. The Morgan fingerprint density at radius 1 is 1.19 bits per heavy atom. The van der Waals surface area contributed by atoms with Gasteiger partial charge >= 0.3 is 6.03 Å². The average Bonchev–Trinajstić information content (AvgIpc) is 2.95. The van der Waals surface area contributed by atoms with Crippen molar-refractivity contribution in [2.24, 2.45) is 0 Å². The summed E-state index contributed by atoms with van der Waals surface area (Å²) in [6, 6.07) is 2.53. The Hall–Kier alpha value is -2.79. The number of hydrogen-bond acceptors (Lipinski definition) is 7. The third-order valence-electron chi connectivity index (χ3n) is 4.38. The zero-order valence-corrected chi connectivity index (χ0v) is 14.0. The first-order valence-corrected chi connectivity index (χ1v) is 8.10. The fourth-order valence-corrected chi connectivity index (χ4v) is 3.10. The van der Waals surface area contributed by atoms with E-state index in [1.54, 1.807) is 0 Å². The van der Waals surface area contributed by atoms with E-state index in [4.69, 9.17) is 9.47 Å². The van der Waals surface area contributed by atoms with Crippen LogP contribution in [0.2, 0.25) is 0 Å². The number of benzene rings is 1. The van der Waals surface area contributed by atoms with Crippen molar-refractivity contribution in [2.45, 2.75) is 31.7 Å². The molecular weight excluding hydrogens is 348 g/mol. The van der Waals surface area contributed by atoms with Crippen LogP contribution in [0, 0.1) is 20.2 Å². The van der Waals surface area contributed by atoms with Gasteiger partial charge in [0.15, 0.2) is 5.79 Å². The molecule has 1 N–H and O–H groups in total. The van der Waals surface area contributed by atoms with Gasteiger partial charge in [0.25, 0.3) is 11.4 Å². The van der Waals surface area contributed by atoms with Crippen LogP contribution in [0.1, 0.15) is 19.8 Å². The van der Waals surface area contributed by atoms with E-state index in [9.17, 15) is 25.0 Å². The summed E-state index contributed by atoms with van der Waals surface area (Å²) < 4.78 is 11.5. The van der Waals surface area contributed by atoms with E-state index >= 15 is 0 Å². The summed E-state index contributed by atoms with van der Waals surface area (Å²) in [6.45, 7) is 3.21. The molecule has 0 radical (unpaired) electrons. The number of urea groups is 1. The molecule has 0 saturated carbocycles. The molecule has 0 aliphatic carbocycles. The minimum atomic E-state index is -0.747. The van der Waals surface area contributed by atoms with E-state index in [0.717, 1.165) is 18.2 Å². The second-order valence-corrected chi connectivity index (χ2v) is 6.32. The van der Waals surface area contributed by atoms with Gasteiger partial charge in [0.1, 0.15) is 0 Å². The fourth-order valence-electron chi connectivity index (χ4n) is 3.10. The van der Waals surface area contributed by atoms with Gasteiger partial charge in [0.2, 0.25) is 0 Å². The van der Waals surface area contributed by atoms with Gasteiger partial charge in [0, 0.05) is 38.1 Å². The number of rotatable bonds is 3. The predicted molar refractivity (Wildman–Crippen MR) is 88.8 cm³/mol. The monoisotopic (exact) mass is 366 g/mol. The molecule has 1 aromatic rings. The molecule has 11 nitrogen and oxygen atoms in total. The average molecular weight is 366 g/mol.